The molecule has 1 atom stereocenters. The third kappa shape index (κ3) is 4.78. The third-order valence-corrected chi connectivity index (χ3v) is 5.47. The molecule has 140 valence electrons. The second kappa shape index (κ2) is 7.95. The van der Waals surface area contributed by atoms with Gasteiger partial charge in [0.05, 0.1) is 26.2 Å². The molecule has 1 aromatic carbocycles. The van der Waals surface area contributed by atoms with Gasteiger partial charge in [-0.1, -0.05) is 6.92 Å². The Balaban J connectivity index is 2.33. The van der Waals surface area contributed by atoms with Gasteiger partial charge < -0.3 is 14.4 Å². The van der Waals surface area contributed by atoms with Crippen LogP contribution in [-0.4, -0.2) is 59.3 Å². The van der Waals surface area contributed by atoms with E-state index in [1.54, 1.807) is 23.1 Å². The fourth-order valence-corrected chi connectivity index (χ4v) is 3.86. The SMILES string of the molecule is COc1ccc(OC)c(N(CC(=O)N2CCCC(C)C2)S(C)(=O)=O)c1. The zero-order valence-corrected chi connectivity index (χ0v) is 16.0. The minimum absolute atomic E-state index is 0.207. The van der Waals surface area contributed by atoms with Gasteiger partial charge in [-0.05, 0) is 30.9 Å². The number of ether oxygens (including phenoxy) is 2. The Morgan fingerprint density at radius 2 is 2.04 bits per heavy atom. The summed E-state index contributed by atoms with van der Waals surface area (Å²) < 4.78 is 36.2. The summed E-state index contributed by atoms with van der Waals surface area (Å²) in [6.07, 6.45) is 3.11. The van der Waals surface area contributed by atoms with Crippen LogP contribution in [0.5, 0.6) is 11.5 Å². The van der Waals surface area contributed by atoms with Gasteiger partial charge in [0.15, 0.2) is 0 Å². The first-order chi connectivity index (χ1) is 11.8. The van der Waals surface area contributed by atoms with E-state index in [0.717, 1.165) is 23.4 Å². The van der Waals surface area contributed by atoms with E-state index >= 15 is 0 Å². The lowest BCUT2D eigenvalue weighted by Crippen LogP contribution is -2.46. The van der Waals surface area contributed by atoms with Crippen LogP contribution in [0.2, 0.25) is 0 Å². The molecule has 1 aliphatic rings. The van der Waals surface area contributed by atoms with Crippen LogP contribution in [0.3, 0.4) is 0 Å². The smallest absolute Gasteiger partial charge is 0.243 e. The molecule has 0 spiro atoms. The molecule has 0 aliphatic carbocycles. The molecule has 0 aromatic heterocycles. The first-order valence-electron chi connectivity index (χ1n) is 8.23. The maximum absolute atomic E-state index is 12.7. The molecular weight excluding hydrogens is 344 g/mol. The van der Waals surface area contributed by atoms with Crippen LogP contribution in [0.4, 0.5) is 5.69 Å². The monoisotopic (exact) mass is 370 g/mol. The Labute approximate surface area is 149 Å². The van der Waals surface area contributed by atoms with Gasteiger partial charge in [-0.2, -0.15) is 0 Å². The second-order valence-corrected chi connectivity index (χ2v) is 8.30. The van der Waals surface area contributed by atoms with Gasteiger partial charge in [0.2, 0.25) is 15.9 Å². The molecule has 0 radical (unpaired) electrons. The molecule has 1 aliphatic heterocycles. The molecular formula is C17H26N2O5S. The van der Waals surface area contributed by atoms with Gasteiger partial charge in [0.25, 0.3) is 0 Å². The number of piperidine rings is 1. The van der Waals surface area contributed by atoms with Crippen molar-refractivity contribution in [2.24, 2.45) is 5.92 Å². The summed E-state index contributed by atoms with van der Waals surface area (Å²) in [5.41, 5.74) is 0.294. The quantitative estimate of drug-likeness (QED) is 0.762. The van der Waals surface area contributed by atoms with Crippen molar-refractivity contribution in [1.82, 2.24) is 4.90 Å². The number of methoxy groups -OCH3 is 2. The standard InChI is InChI=1S/C17H26N2O5S/c1-13-6-5-9-18(11-13)17(20)12-19(25(4,21)22)15-10-14(23-2)7-8-16(15)24-3/h7-8,10,13H,5-6,9,11-12H2,1-4H3. The highest BCUT2D eigenvalue weighted by molar-refractivity contribution is 7.92. The number of rotatable bonds is 6. The van der Waals surface area contributed by atoms with Crippen LogP contribution in [-0.2, 0) is 14.8 Å². The van der Waals surface area contributed by atoms with Crippen molar-refractivity contribution < 1.29 is 22.7 Å². The highest BCUT2D eigenvalue weighted by atomic mass is 32.2. The fraction of sp³-hybridized carbons (Fsp3) is 0.588. The molecule has 0 bridgehead atoms. The van der Waals surface area contributed by atoms with Gasteiger partial charge in [-0.25, -0.2) is 8.42 Å². The summed E-state index contributed by atoms with van der Waals surface area (Å²) in [6.45, 7) is 3.16. The van der Waals surface area contributed by atoms with E-state index in [1.165, 1.54) is 14.2 Å². The Kier molecular flexibility index (Phi) is 6.16. The van der Waals surface area contributed by atoms with Crippen LogP contribution in [0.25, 0.3) is 0 Å². The molecule has 0 N–H and O–H groups in total. The number of sulfonamides is 1. The average molecular weight is 370 g/mol. The van der Waals surface area contributed by atoms with Crippen LogP contribution in [0.1, 0.15) is 19.8 Å². The van der Waals surface area contributed by atoms with Gasteiger partial charge in [-0.15, -0.1) is 0 Å². The summed E-state index contributed by atoms with van der Waals surface area (Å²) in [5, 5.41) is 0. The summed E-state index contributed by atoms with van der Waals surface area (Å²) in [4.78, 5) is 14.4. The minimum atomic E-state index is -3.67. The molecule has 1 saturated heterocycles. The number of nitrogens with zero attached hydrogens (tertiary/aromatic N) is 2. The lowest BCUT2D eigenvalue weighted by molar-refractivity contribution is -0.131. The first kappa shape index (κ1) is 19.4. The van der Waals surface area contributed by atoms with E-state index in [2.05, 4.69) is 6.92 Å². The molecule has 0 saturated carbocycles. The number of carbonyl (C=O) groups excluding carboxylic acids is 1. The lowest BCUT2D eigenvalue weighted by Gasteiger charge is -2.33. The molecule has 1 fully saturated rings. The largest absolute Gasteiger partial charge is 0.497 e. The molecule has 1 aromatic rings. The predicted molar refractivity (Wildman–Crippen MR) is 96.7 cm³/mol. The van der Waals surface area contributed by atoms with Gasteiger partial charge in [-0.3, -0.25) is 9.10 Å². The van der Waals surface area contributed by atoms with Crippen molar-refractivity contribution in [2.45, 2.75) is 19.8 Å². The van der Waals surface area contributed by atoms with Gasteiger partial charge in [0, 0.05) is 19.2 Å². The van der Waals surface area contributed by atoms with E-state index in [1.807, 2.05) is 0 Å². The number of likely N-dealkylation sites (tertiary alicyclic amines) is 1. The van der Waals surface area contributed by atoms with Crippen molar-refractivity contribution in [1.29, 1.82) is 0 Å². The molecule has 1 heterocycles. The Bertz CT molecular complexity index is 720. The second-order valence-electron chi connectivity index (χ2n) is 6.39. The van der Waals surface area contributed by atoms with Crippen LogP contribution in [0.15, 0.2) is 18.2 Å². The normalized spacial score (nSPS) is 17.9. The Morgan fingerprint density at radius 1 is 1.32 bits per heavy atom. The number of carbonyl (C=O) groups is 1. The van der Waals surface area contributed by atoms with E-state index in [4.69, 9.17) is 9.47 Å². The van der Waals surface area contributed by atoms with E-state index in [9.17, 15) is 13.2 Å². The maximum Gasteiger partial charge on any atom is 0.243 e. The highest BCUT2D eigenvalue weighted by Gasteiger charge is 2.28. The molecule has 8 heteroatoms. The number of benzene rings is 1. The fourth-order valence-electron chi connectivity index (χ4n) is 3.01. The van der Waals surface area contributed by atoms with Crippen molar-refractivity contribution in [2.75, 3.05) is 44.4 Å². The minimum Gasteiger partial charge on any atom is -0.497 e. The molecule has 7 nitrogen and oxygen atoms in total. The number of hydrogen-bond acceptors (Lipinski definition) is 5. The summed E-state index contributed by atoms with van der Waals surface area (Å²) >= 11 is 0. The molecule has 1 amide bonds. The zero-order chi connectivity index (χ0) is 18.6. The third-order valence-electron chi connectivity index (χ3n) is 4.34. The number of anilines is 1. The molecule has 25 heavy (non-hydrogen) atoms. The van der Waals surface area contributed by atoms with Crippen LogP contribution < -0.4 is 13.8 Å². The lowest BCUT2D eigenvalue weighted by atomic mass is 10.0. The molecule has 2 rings (SSSR count). The van der Waals surface area contributed by atoms with E-state index in [0.29, 0.717) is 36.2 Å². The molecule has 1 unspecified atom stereocenters. The topological polar surface area (TPSA) is 76.2 Å². The summed E-state index contributed by atoms with van der Waals surface area (Å²) in [7, 11) is -0.718. The van der Waals surface area contributed by atoms with E-state index < -0.39 is 10.0 Å². The Hall–Kier alpha value is -1.96. The number of amides is 1. The van der Waals surface area contributed by atoms with Crippen LogP contribution in [0, 0.1) is 5.92 Å². The van der Waals surface area contributed by atoms with Crippen LogP contribution >= 0.6 is 0 Å². The number of hydrogen-bond donors (Lipinski definition) is 0. The summed E-state index contributed by atoms with van der Waals surface area (Å²) in [6, 6.07) is 4.86. The Morgan fingerprint density at radius 3 is 2.60 bits per heavy atom. The van der Waals surface area contributed by atoms with Gasteiger partial charge >= 0.3 is 0 Å². The predicted octanol–water partition coefficient (Wildman–Crippen LogP) is 1.73. The van der Waals surface area contributed by atoms with Crippen molar-refractivity contribution in [3.05, 3.63) is 18.2 Å². The van der Waals surface area contributed by atoms with Gasteiger partial charge in [0.1, 0.15) is 18.0 Å². The zero-order valence-electron chi connectivity index (χ0n) is 15.2. The van der Waals surface area contributed by atoms with E-state index in [-0.39, 0.29) is 12.5 Å². The maximum atomic E-state index is 12.7. The highest BCUT2D eigenvalue weighted by Crippen LogP contribution is 2.33. The van der Waals surface area contributed by atoms with Crippen molar-refractivity contribution in [3.8, 4) is 11.5 Å². The first-order valence-corrected chi connectivity index (χ1v) is 10.1. The average Bonchev–Trinajstić information content (AvgIpc) is 2.57. The summed E-state index contributed by atoms with van der Waals surface area (Å²) in [5.74, 6) is 1.08. The van der Waals surface area contributed by atoms with Crippen molar-refractivity contribution in [3.63, 3.8) is 0 Å². The van der Waals surface area contributed by atoms with Crippen molar-refractivity contribution >= 4 is 21.6 Å².